The third-order valence-electron chi connectivity index (χ3n) is 3.86. The Labute approximate surface area is 180 Å². The molecule has 0 fully saturated rings. The fraction of sp³-hybridized carbons (Fsp3) is 0.0526. The molecular weight excluding hydrogens is 476 g/mol. The predicted molar refractivity (Wildman–Crippen MR) is 108 cm³/mol. The Balaban J connectivity index is 1.74. The van der Waals surface area contributed by atoms with Crippen LogP contribution in [0, 0.1) is 5.82 Å². The summed E-state index contributed by atoms with van der Waals surface area (Å²) < 4.78 is 108. The molecule has 3 rings (SSSR count). The van der Waals surface area contributed by atoms with Crippen molar-refractivity contribution >= 4 is 31.4 Å². The molecule has 3 aromatic carbocycles. The van der Waals surface area contributed by atoms with E-state index in [1.165, 1.54) is 24.3 Å². The van der Waals surface area contributed by atoms with Gasteiger partial charge >= 0.3 is 6.36 Å². The predicted octanol–water partition coefficient (Wildman–Crippen LogP) is 4.33. The van der Waals surface area contributed by atoms with E-state index >= 15 is 0 Å². The minimum absolute atomic E-state index is 0.0249. The number of hydrogen-bond donors (Lipinski definition) is 2. The fourth-order valence-electron chi connectivity index (χ4n) is 2.49. The van der Waals surface area contributed by atoms with E-state index in [2.05, 4.69) is 14.2 Å². The molecule has 32 heavy (non-hydrogen) atoms. The van der Waals surface area contributed by atoms with Gasteiger partial charge in [-0.2, -0.15) is 0 Å². The summed E-state index contributed by atoms with van der Waals surface area (Å²) in [5.41, 5.74) is 0.120. The van der Waals surface area contributed by atoms with Crippen molar-refractivity contribution in [2.75, 3.05) is 9.44 Å². The Morgan fingerprint density at radius 1 is 0.688 bits per heavy atom. The lowest BCUT2D eigenvalue weighted by molar-refractivity contribution is -0.274. The van der Waals surface area contributed by atoms with Crippen molar-refractivity contribution in [2.24, 2.45) is 0 Å². The number of benzene rings is 3. The molecule has 0 spiro atoms. The smallest absolute Gasteiger partial charge is 0.406 e. The Kier molecular flexibility index (Phi) is 6.32. The second-order valence-corrected chi connectivity index (χ2v) is 9.63. The quantitative estimate of drug-likeness (QED) is 0.480. The number of halogens is 4. The van der Waals surface area contributed by atoms with Crippen LogP contribution >= 0.6 is 0 Å². The van der Waals surface area contributed by atoms with Crippen LogP contribution in [0.5, 0.6) is 5.75 Å². The summed E-state index contributed by atoms with van der Waals surface area (Å²) in [5.74, 6) is -1.30. The molecule has 0 atom stereocenters. The highest BCUT2D eigenvalue weighted by Gasteiger charge is 2.31. The second kappa shape index (κ2) is 8.67. The van der Waals surface area contributed by atoms with E-state index in [1.807, 2.05) is 0 Å². The van der Waals surface area contributed by atoms with Gasteiger partial charge in [-0.05, 0) is 60.7 Å². The monoisotopic (exact) mass is 490 g/mol. The zero-order valence-electron chi connectivity index (χ0n) is 15.8. The molecule has 0 aliphatic carbocycles. The van der Waals surface area contributed by atoms with E-state index in [0.717, 1.165) is 42.5 Å². The van der Waals surface area contributed by atoms with Gasteiger partial charge in [0.2, 0.25) is 0 Å². The average molecular weight is 490 g/mol. The van der Waals surface area contributed by atoms with Crippen LogP contribution in [0.4, 0.5) is 28.9 Å². The van der Waals surface area contributed by atoms with Crippen molar-refractivity contribution < 1.29 is 39.1 Å². The number of sulfonamides is 2. The molecule has 0 heterocycles. The molecule has 3 aromatic rings. The first-order chi connectivity index (χ1) is 14.8. The Bertz CT molecular complexity index is 1310. The van der Waals surface area contributed by atoms with E-state index in [-0.39, 0.29) is 16.3 Å². The molecule has 0 bridgehead atoms. The summed E-state index contributed by atoms with van der Waals surface area (Å²) >= 11 is 0. The van der Waals surface area contributed by atoms with Gasteiger partial charge in [-0.3, -0.25) is 9.44 Å². The highest BCUT2D eigenvalue weighted by atomic mass is 32.2. The molecule has 7 nitrogen and oxygen atoms in total. The Morgan fingerprint density at radius 2 is 1.19 bits per heavy atom. The second-order valence-electron chi connectivity index (χ2n) is 6.26. The Hall–Kier alpha value is -3.32. The molecule has 0 radical (unpaired) electrons. The lowest BCUT2D eigenvalue weighted by Crippen LogP contribution is -2.18. The number of hydrogen-bond acceptors (Lipinski definition) is 5. The van der Waals surface area contributed by atoms with Crippen molar-refractivity contribution in [1.29, 1.82) is 0 Å². The van der Waals surface area contributed by atoms with Gasteiger partial charge in [-0.15, -0.1) is 13.2 Å². The zero-order chi connectivity index (χ0) is 23.6. The maximum Gasteiger partial charge on any atom is 0.573 e. The number of alkyl halides is 3. The normalized spacial score (nSPS) is 12.2. The van der Waals surface area contributed by atoms with E-state index in [4.69, 9.17) is 0 Å². The fourth-order valence-corrected chi connectivity index (χ4v) is 4.64. The van der Waals surface area contributed by atoms with Crippen LogP contribution in [0.25, 0.3) is 0 Å². The standard InChI is InChI=1S/C19H14F4N2O5S2/c20-13-4-10-17(11-5-13)31(26,27)24-14-6-8-15(9-7-14)25-32(28,29)18-3-1-2-16(12-18)30-19(21,22)23/h1-12,24-25H. The summed E-state index contributed by atoms with van der Waals surface area (Å²) in [6.07, 6.45) is -4.98. The summed E-state index contributed by atoms with van der Waals surface area (Å²) in [4.78, 5) is -0.648. The Morgan fingerprint density at radius 3 is 1.69 bits per heavy atom. The van der Waals surface area contributed by atoms with Crippen LogP contribution in [0.1, 0.15) is 0 Å². The number of rotatable bonds is 7. The lowest BCUT2D eigenvalue weighted by Gasteiger charge is -2.12. The third kappa shape index (κ3) is 6.11. The average Bonchev–Trinajstić information content (AvgIpc) is 2.68. The largest absolute Gasteiger partial charge is 0.573 e. The van der Waals surface area contributed by atoms with Crippen LogP contribution in [0.3, 0.4) is 0 Å². The van der Waals surface area contributed by atoms with Gasteiger partial charge in [0.1, 0.15) is 11.6 Å². The van der Waals surface area contributed by atoms with Gasteiger partial charge in [0.15, 0.2) is 0 Å². The van der Waals surface area contributed by atoms with E-state index in [9.17, 15) is 34.4 Å². The van der Waals surface area contributed by atoms with Crippen LogP contribution in [-0.4, -0.2) is 23.2 Å². The van der Waals surface area contributed by atoms with E-state index in [0.29, 0.717) is 6.07 Å². The minimum atomic E-state index is -4.98. The van der Waals surface area contributed by atoms with Gasteiger partial charge in [-0.25, -0.2) is 21.2 Å². The van der Waals surface area contributed by atoms with Gasteiger partial charge < -0.3 is 4.74 Å². The van der Waals surface area contributed by atoms with Crippen LogP contribution < -0.4 is 14.2 Å². The van der Waals surface area contributed by atoms with Crippen molar-refractivity contribution in [3.8, 4) is 5.75 Å². The molecule has 13 heteroatoms. The number of nitrogens with one attached hydrogen (secondary N) is 2. The number of ether oxygens (including phenoxy) is 1. The molecule has 0 amide bonds. The van der Waals surface area contributed by atoms with Gasteiger partial charge in [0, 0.05) is 17.4 Å². The minimum Gasteiger partial charge on any atom is -0.406 e. The van der Waals surface area contributed by atoms with Crippen molar-refractivity contribution in [2.45, 2.75) is 16.2 Å². The zero-order valence-corrected chi connectivity index (χ0v) is 17.4. The van der Waals surface area contributed by atoms with Gasteiger partial charge in [0.25, 0.3) is 20.0 Å². The summed E-state index contributed by atoms with van der Waals surface area (Å²) in [6, 6.07) is 13.0. The lowest BCUT2D eigenvalue weighted by atomic mass is 10.3. The maximum absolute atomic E-state index is 13.0. The van der Waals surface area contributed by atoms with E-state index in [1.54, 1.807) is 0 Å². The first kappa shape index (κ1) is 23.3. The molecule has 2 N–H and O–H groups in total. The topological polar surface area (TPSA) is 102 Å². The SMILES string of the molecule is O=S(=O)(Nc1ccc(NS(=O)(=O)c2cccc(OC(F)(F)F)c2)cc1)c1ccc(F)cc1. The maximum atomic E-state index is 13.0. The molecule has 0 aromatic heterocycles. The molecule has 0 unspecified atom stereocenters. The van der Waals surface area contributed by atoms with Crippen molar-refractivity contribution in [3.63, 3.8) is 0 Å². The summed E-state index contributed by atoms with van der Waals surface area (Å²) in [7, 11) is -8.26. The molecule has 0 aliphatic rings. The first-order valence-corrected chi connectivity index (χ1v) is 11.6. The van der Waals surface area contributed by atoms with Gasteiger partial charge in [-0.1, -0.05) is 6.07 Å². The van der Waals surface area contributed by atoms with Crippen LogP contribution in [0.2, 0.25) is 0 Å². The summed E-state index contributed by atoms with van der Waals surface area (Å²) in [5, 5.41) is 0. The molecular formula is C19H14F4N2O5S2. The first-order valence-electron chi connectivity index (χ1n) is 8.61. The molecule has 0 aliphatic heterocycles. The highest BCUT2D eigenvalue weighted by Crippen LogP contribution is 2.26. The molecule has 0 saturated carbocycles. The van der Waals surface area contributed by atoms with Gasteiger partial charge in [0.05, 0.1) is 9.79 Å². The highest BCUT2D eigenvalue weighted by molar-refractivity contribution is 7.93. The number of anilines is 2. The van der Waals surface area contributed by atoms with Crippen LogP contribution in [0.15, 0.2) is 82.6 Å². The molecule has 0 saturated heterocycles. The third-order valence-corrected chi connectivity index (χ3v) is 6.64. The van der Waals surface area contributed by atoms with Crippen LogP contribution in [-0.2, 0) is 20.0 Å². The van der Waals surface area contributed by atoms with Crippen molar-refractivity contribution in [3.05, 3.63) is 78.6 Å². The molecule has 170 valence electrons. The summed E-state index contributed by atoms with van der Waals surface area (Å²) in [6.45, 7) is 0. The van der Waals surface area contributed by atoms with E-state index < -0.39 is 42.9 Å². The van der Waals surface area contributed by atoms with Crippen molar-refractivity contribution in [1.82, 2.24) is 0 Å².